The van der Waals surface area contributed by atoms with Crippen LogP contribution in [-0.4, -0.2) is 11.5 Å². The second-order valence-corrected chi connectivity index (χ2v) is 4.82. The van der Waals surface area contributed by atoms with Gasteiger partial charge >= 0.3 is 0 Å². The molecule has 0 saturated carbocycles. The Bertz CT molecular complexity index is 527. The first kappa shape index (κ1) is 11.5. The van der Waals surface area contributed by atoms with Crippen molar-refractivity contribution in [2.24, 2.45) is 0 Å². The third-order valence-electron chi connectivity index (χ3n) is 2.21. The summed E-state index contributed by atoms with van der Waals surface area (Å²) in [4.78, 5) is 0.786. The van der Waals surface area contributed by atoms with Gasteiger partial charge in [-0.2, -0.15) is 4.37 Å². The predicted octanol–water partition coefficient (Wildman–Crippen LogP) is 4.03. The predicted molar refractivity (Wildman–Crippen MR) is 66.5 cm³/mol. The zero-order chi connectivity index (χ0) is 11.7. The molecule has 1 aromatic carbocycles. The second kappa shape index (κ2) is 4.51. The number of aryl methyl sites for hydroxylation is 1. The summed E-state index contributed by atoms with van der Waals surface area (Å²) in [5.74, 6) is 0.361. The summed E-state index contributed by atoms with van der Waals surface area (Å²) in [5, 5.41) is 0. The lowest BCUT2D eigenvalue weighted by atomic mass is 10.1. The number of hydrogen-bond acceptors (Lipinski definition) is 3. The molecule has 1 heterocycles. The van der Waals surface area contributed by atoms with E-state index in [1.807, 2.05) is 6.92 Å². The number of hydrogen-bond donors (Lipinski definition) is 0. The smallest absolute Gasteiger partial charge is 0.132 e. The first-order valence-electron chi connectivity index (χ1n) is 4.59. The Morgan fingerprint density at radius 3 is 2.75 bits per heavy atom. The molecule has 5 heteroatoms. The summed E-state index contributed by atoms with van der Waals surface area (Å²) < 4.78 is 23.8. The minimum absolute atomic E-state index is 0.273. The van der Waals surface area contributed by atoms with Crippen LogP contribution < -0.4 is 4.74 Å². The van der Waals surface area contributed by atoms with Gasteiger partial charge in [-0.25, -0.2) is 4.39 Å². The van der Waals surface area contributed by atoms with E-state index in [1.54, 1.807) is 19.2 Å². The van der Waals surface area contributed by atoms with E-state index in [0.717, 1.165) is 15.0 Å². The molecule has 0 aliphatic heterocycles. The quantitative estimate of drug-likeness (QED) is 0.835. The maximum absolute atomic E-state index is 13.7. The van der Waals surface area contributed by atoms with E-state index < -0.39 is 0 Å². The number of rotatable bonds is 2. The summed E-state index contributed by atoms with van der Waals surface area (Å²) in [6.07, 6.45) is 0. The number of aromatic nitrogens is 1. The van der Waals surface area contributed by atoms with Crippen LogP contribution in [0, 0.1) is 12.7 Å². The van der Waals surface area contributed by atoms with Crippen molar-refractivity contribution in [3.8, 4) is 16.2 Å². The molecule has 16 heavy (non-hydrogen) atoms. The van der Waals surface area contributed by atoms with Crippen molar-refractivity contribution in [1.82, 2.24) is 4.37 Å². The highest BCUT2D eigenvalue weighted by Gasteiger charge is 2.14. The van der Waals surface area contributed by atoms with Crippen molar-refractivity contribution in [2.45, 2.75) is 6.92 Å². The highest BCUT2D eigenvalue weighted by Crippen LogP contribution is 2.37. The molecule has 84 valence electrons. The Labute approximate surface area is 105 Å². The van der Waals surface area contributed by atoms with Gasteiger partial charge in [0.15, 0.2) is 0 Å². The summed E-state index contributed by atoms with van der Waals surface area (Å²) in [6, 6.07) is 4.67. The van der Waals surface area contributed by atoms with Crippen LogP contribution in [-0.2, 0) is 0 Å². The number of halogens is 2. The Hall–Kier alpha value is -0.940. The fourth-order valence-electron chi connectivity index (χ4n) is 1.33. The average molecular weight is 302 g/mol. The first-order chi connectivity index (χ1) is 7.63. The van der Waals surface area contributed by atoms with E-state index in [0.29, 0.717) is 11.3 Å². The molecule has 0 N–H and O–H groups in total. The fraction of sp³-hybridized carbons (Fsp3) is 0.182. The Morgan fingerprint density at radius 1 is 1.44 bits per heavy atom. The lowest BCUT2D eigenvalue weighted by molar-refractivity contribution is 0.414. The molecule has 0 unspecified atom stereocenters. The van der Waals surface area contributed by atoms with Gasteiger partial charge < -0.3 is 4.74 Å². The standard InChI is InChI=1S/C11H9BrFNOS/c1-6-10(12)11(16-14-6)8-5-7(15-2)3-4-9(8)13/h3-5H,1-2H3. The van der Waals surface area contributed by atoms with Crippen molar-refractivity contribution in [1.29, 1.82) is 0 Å². The van der Waals surface area contributed by atoms with Crippen LogP contribution in [0.25, 0.3) is 10.4 Å². The summed E-state index contributed by atoms with van der Waals surface area (Å²) in [7, 11) is 1.56. The molecule has 1 aromatic heterocycles. The molecule has 0 aliphatic rings. The van der Waals surface area contributed by atoms with Crippen LogP contribution in [0.15, 0.2) is 22.7 Å². The van der Waals surface area contributed by atoms with E-state index in [4.69, 9.17) is 4.74 Å². The van der Waals surface area contributed by atoms with Gasteiger partial charge in [0, 0.05) is 5.56 Å². The van der Waals surface area contributed by atoms with Gasteiger partial charge in [-0.3, -0.25) is 0 Å². The molecular formula is C11H9BrFNOS. The fourth-order valence-corrected chi connectivity index (χ4v) is 2.77. The summed E-state index contributed by atoms with van der Waals surface area (Å²) >= 11 is 4.68. The van der Waals surface area contributed by atoms with Gasteiger partial charge in [0.1, 0.15) is 11.6 Å². The van der Waals surface area contributed by atoms with Gasteiger partial charge in [0.2, 0.25) is 0 Å². The minimum atomic E-state index is -0.273. The van der Waals surface area contributed by atoms with E-state index in [-0.39, 0.29) is 5.82 Å². The molecule has 2 rings (SSSR count). The van der Waals surface area contributed by atoms with Gasteiger partial charge in [-0.15, -0.1) is 0 Å². The second-order valence-electron chi connectivity index (χ2n) is 3.26. The maximum atomic E-state index is 13.7. The third kappa shape index (κ3) is 1.97. The van der Waals surface area contributed by atoms with Crippen LogP contribution >= 0.6 is 27.5 Å². The third-order valence-corrected chi connectivity index (χ3v) is 4.41. The lowest BCUT2D eigenvalue weighted by Crippen LogP contribution is -1.87. The van der Waals surface area contributed by atoms with Crippen molar-refractivity contribution in [3.63, 3.8) is 0 Å². The van der Waals surface area contributed by atoms with Crippen molar-refractivity contribution >= 4 is 27.5 Å². The summed E-state index contributed by atoms with van der Waals surface area (Å²) in [6.45, 7) is 1.88. The zero-order valence-corrected chi connectivity index (χ0v) is 11.2. The van der Waals surface area contributed by atoms with Crippen molar-refractivity contribution in [3.05, 3.63) is 34.2 Å². The molecule has 0 radical (unpaired) electrons. The minimum Gasteiger partial charge on any atom is -0.497 e. The van der Waals surface area contributed by atoms with Gasteiger partial charge in [-0.1, -0.05) is 0 Å². The Balaban J connectivity index is 2.59. The van der Waals surface area contributed by atoms with Gasteiger partial charge in [0.05, 0.1) is 22.2 Å². The SMILES string of the molecule is COc1ccc(F)c(-c2snc(C)c2Br)c1. The molecule has 0 bridgehead atoms. The first-order valence-corrected chi connectivity index (χ1v) is 6.16. The zero-order valence-electron chi connectivity index (χ0n) is 8.75. The van der Waals surface area contributed by atoms with Crippen molar-refractivity contribution in [2.75, 3.05) is 7.11 Å². The van der Waals surface area contributed by atoms with Crippen LogP contribution in [0.1, 0.15) is 5.69 Å². The summed E-state index contributed by atoms with van der Waals surface area (Å²) in [5.41, 5.74) is 1.37. The van der Waals surface area contributed by atoms with E-state index in [9.17, 15) is 4.39 Å². The average Bonchev–Trinajstić information content (AvgIpc) is 2.61. The van der Waals surface area contributed by atoms with Crippen LogP contribution in [0.5, 0.6) is 5.75 Å². The normalized spacial score (nSPS) is 10.5. The number of benzene rings is 1. The van der Waals surface area contributed by atoms with Crippen LogP contribution in [0.3, 0.4) is 0 Å². The maximum Gasteiger partial charge on any atom is 0.132 e. The monoisotopic (exact) mass is 301 g/mol. The van der Waals surface area contributed by atoms with Crippen LogP contribution in [0.2, 0.25) is 0 Å². The van der Waals surface area contributed by atoms with Crippen LogP contribution in [0.4, 0.5) is 4.39 Å². The molecule has 0 amide bonds. The molecule has 0 aliphatic carbocycles. The lowest BCUT2D eigenvalue weighted by Gasteiger charge is -2.04. The molecule has 0 saturated heterocycles. The molecule has 0 atom stereocenters. The van der Waals surface area contributed by atoms with E-state index >= 15 is 0 Å². The number of ether oxygens (including phenoxy) is 1. The highest BCUT2D eigenvalue weighted by atomic mass is 79.9. The van der Waals surface area contributed by atoms with Gasteiger partial charge in [-0.05, 0) is 52.6 Å². The van der Waals surface area contributed by atoms with Crippen molar-refractivity contribution < 1.29 is 9.13 Å². The molecular weight excluding hydrogens is 293 g/mol. The molecule has 2 nitrogen and oxygen atoms in total. The molecule has 2 aromatic rings. The topological polar surface area (TPSA) is 22.1 Å². The number of methoxy groups -OCH3 is 1. The highest BCUT2D eigenvalue weighted by molar-refractivity contribution is 9.10. The van der Waals surface area contributed by atoms with Gasteiger partial charge in [0.25, 0.3) is 0 Å². The number of nitrogens with zero attached hydrogens (tertiary/aromatic N) is 1. The van der Waals surface area contributed by atoms with E-state index in [2.05, 4.69) is 20.3 Å². The largest absolute Gasteiger partial charge is 0.497 e. The molecule has 0 spiro atoms. The Kier molecular flexibility index (Phi) is 3.25. The Morgan fingerprint density at radius 2 is 2.19 bits per heavy atom. The van der Waals surface area contributed by atoms with E-state index in [1.165, 1.54) is 17.6 Å². The molecule has 0 fully saturated rings.